The molecule has 0 radical (unpaired) electrons. The highest BCUT2D eigenvalue weighted by Gasteiger charge is 2.55. The zero-order chi connectivity index (χ0) is 16.0. The lowest BCUT2D eigenvalue weighted by molar-refractivity contribution is -0.685. The van der Waals surface area contributed by atoms with E-state index in [1.54, 1.807) is 11.6 Å². The summed E-state index contributed by atoms with van der Waals surface area (Å²) in [4.78, 5) is 32.0. The van der Waals surface area contributed by atoms with E-state index >= 15 is 0 Å². The highest BCUT2D eigenvalue weighted by atomic mass is 16.5. The Hall–Kier alpha value is -2.22. The number of aryl methyl sites for hydroxylation is 1. The number of fused-ring (bicyclic) bond motifs is 3. The summed E-state index contributed by atoms with van der Waals surface area (Å²) < 4.78 is 12.6. The van der Waals surface area contributed by atoms with E-state index in [0.717, 1.165) is 5.69 Å². The van der Waals surface area contributed by atoms with Crippen LogP contribution in [0.2, 0.25) is 0 Å². The Kier molecular flexibility index (Phi) is 3.48. The van der Waals surface area contributed by atoms with Gasteiger partial charge in [0.15, 0.2) is 5.76 Å². The van der Waals surface area contributed by atoms with Crippen molar-refractivity contribution >= 4 is 23.8 Å². The van der Waals surface area contributed by atoms with E-state index in [0.29, 0.717) is 30.8 Å². The first kappa shape index (κ1) is 14.7. The predicted octanol–water partition coefficient (Wildman–Crippen LogP) is 0.699. The van der Waals surface area contributed by atoms with Crippen molar-refractivity contribution in [3.63, 3.8) is 0 Å². The zero-order valence-electron chi connectivity index (χ0n) is 13.1. The summed E-state index contributed by atoms with van der Waals surface area (Å²) in [5.74, 6) is 0.824. The summed E-state index contributed by atoms with van der Waals surface area (Å²) in [6, 6.07) is -0.675. The van der Waals surface area contributed by atoms with Gasteiger partial charge < -0.3 is 9.15 Å². The maximum Gasteiger partial charge on any atom is 0.507 e. The van der Waals surface area contributed by atoms with E-state index in [1.807, 2.05) is 20.8 Å². The second kappa shape index (κ2) is 5.20. The van der Waals surface area contributed by atoms with Crippen LogP contribution in [0.25, 0.3) is 0 Å². The highest BCUT2D eigenvalue weighted by molar-refractivity contribution is 6.18. The summed E-state index contributed by atoms with van der Waals surface area (Å²) in [6.45, 7) is 6.65. The maximum absolute atomic E-state index is 12.8. The molecule has 0 saturated carbocycles. The van der Waals surface area contributed by atoms with Crippen LogP contribution in [0.5, 0.6) is 0 Å². The molecule has 3 heterocycles. The monoisotopic (exact) mass is 307 g/mol. The molecule has 8 nitrogen and oxygen atoms in total. The smallest absolute Gasteiger partial charge is 0.389 e. The van der Waals surface area contributed by atoms with Crippen LogP contribution in [0, 0.1) is 13.8 Å². The average Bonchev–Trinajstić information content (AvgIpc) is 2.98. The number of imide groups is 1. The van der Waals surface area contributed by atoms with E-state index in [4.69, 9.17) is 9.15 Å². The number of carbonyl (C=O) groups excluding carboxylic acids is 2. The number of oxazole rings is 1. The van der Waals surface area contributed by atoms with Crippen molar-refractivity contribution in [1.29, 1.82) is 0 Å². The molecule has 8 heteroatoms. The van der Waals surface area contributed by atoms with E-state index in [9.17, 15) is 9.59 Å². The third-order valence-corrected chi connectivity index (χ3v) is 4.06. The molecule has 1 aromatic heterocycles. The maximum atomic E-state index is 12.8. The van der Waals surface area contributed by atoms with Crippen molar-refractivity contribution in [3.8, 4) is 0 Å². The average molecular weight is 307 g/mol. The first-order valence-corrected chi connectivity index (χ1v) is 7.24. The molecular formula is C14H19N4O4+. The van der Waals surface area contributed by atoms with Gasteiger partial charge >= 0.3 is 12.0 Å². The Balaban J connectivity index is 1.96. The molecule has 2 aliphatic rings. The lowest BCUT2D eigenvalue weighted by atomic mass is 10.1. The fourth-order valence-electron chi connectivity index (χ4n) is 2.73. The van der Waals surface area contributed by atoms with Crippen LogP contribution < -0.4 is 4.57 Å². The number of aliphatic imine (C=N–C) groups is 1. The minimum Gasteiger partial charge on any atom is -0.389 e. The van der Waals surface area contributed by atoms with Crippen molar-refractivity contribution in [2.75, 3.05) is 26.8 Å². The molecule has 0 bridgehead atoms. The van der Waals surface area contributed by atoms with Gasteiger partial charge in [-0.2, -0.15) is 4.57 Å². The Labute approximate surface area is 128 Å². The molecule has 2 aliphatic heterocycles. The summed E-state index contributed by atoms with van der Waals surface area (Å²) in [7, 11) is 1.61. The molecule has 1 aromatic rings. The van der Waals surface area contributed by atoms with Gasteiger partial charge in [-0.25, -0.2) is 4.79 Å². The minimum absolute atomic E-state index is 0.228. The van der Waals surface area contributed by atoms with Gasteiger partial charge in [0, 0.05) is 25.6 Å². The Morgan fingerprint density at radius 1 is 1.36 bits per heavy atom. The Bertz CT molecular complexity index is 679. The molecule has 1 atom stereocenters. The van der Waals surface area contributed by atoms with Gasteiger partial charge in [0.05, 0.1) is 13.2 Å². The first-order chi connectivity index (χ1) is 10.5. The fraction of sp³-hybridized carbons (Fsp3) is 0.571. The molecule has 1 saturated heterocycles. The van der Waals surface area contributed by atoms with Gasteiger partial charge in [-0.3, -0.25) is 14.6 Å². The number of hydrogen-bond donors (Lipinski definition) is 0. The number of amidine groups is 1. The molecule has 0 spiro atoms. The third-order valence-electron chi connectivity index (χ3n) is 4.06. The van der Waals surface area contributed by atoms with E-state index in [-0.39, 0.29) is 18.5 Å². The number of nitrogens with zero attached hydrogens (tertiary/aromatic N) is 4. The SMILES string of the molecule is CCOCCN1C(=O)C2C(=Nc3oc(C)c(C)[n+]32)N(C)C1=O. The molecule has 0 N–H and O–H groups in total. The number of ether oxygens (including phenoxy) is 1. The summed E-state index contributed by atoms with van der Waals surface area (Å²) in [5, 5.41) is 0. The largest absolute Gasteiger partial charge is 0.507 e. The second-order valence-electron chi connectivity index (χ2n) is 5.30. The quantitative estimate of drug-likeness (QED) is 0.606. The lowest BCUT2D eigenvalue weighted by Gasteiger charge is -2.32. The van der Waals surface area contributed by atoms with Crippen LogP contribution in [0.1, 0.15) is 24.4 Å². The van der Waals surface area contributed by atoms with Crippen molar-refractivity contribution in [2.45, 2.75) is 26.8 Å². The molecule has 1 unspecified atom stereocenters. The zero-order valence-corrected chi connectivity index (χ0v) is 13.1. The standard InChI is InChI=1S/C14H19N4O4/c1-5-21-7-6-17-12(19)10-11(16(4)14(17)20)15-13-18(10)8(2)9(3)22-13/h10H,5-7H2,1-4H3/q+1. The van der Waals surface area contributed by atoms with Gasteiger partial charge in [0.2, 0.25) is 0 Å². The number of amides is 3. The number of likely N-dealkylation sites (N-methyl/N-ethyl adjacent to an activating group) is 1. The van der Waals surface area contributed by atoms with Crippen molar-refractivity contribution in [2.24, 2.45) is 4.99 Å². The minimum atomic E-state index is -0.642. The van der Waals surface area contributed by atoms with Crippen molar-refractivity contribution in [3.05, 3.63) is 11.5 Å². The van der Waals surface area contributed by atoms with Crippen LogP contribution in [0.4, 0.5) is 10.8 Å². The van der Waals surface area contributed by atoms with Gasteiger partial charge in [0.25, 0.3) is 17.8 Å². The lowest BCUT2D eigenvalue weighted by Crippen LogP contribution is -2.63. The summed E-state index contributed by atoms with van der Waals surface area (Å²) in [6.07, 6.45) is 0. The topological polar surface area (TPSA) is 79.2 Å². The highest BCUT2D eigenvalue weighted by Crippen LogP contribution is 2.30. The molecule has 0 aromatic carbocycles. The van der Waals surface area contributed by atoms with E-state index in [1.165, 1.54) is 9.80 Å². The molecule has 3 amide bonds. The van der Waals surface area contributed by atoms with Crippen LogP contribution in [0.15, 0.2) is 9.41 Å². The number of carbonyl (C=O) groups is 2. The van der Waals surface area contributed by atoms with E-state index < -0.39 is 6.04 Å². The predicted molar refractivity (Wildman–Crippen MR) is 75.9 cm³/mol. The third kappa shape index (κ3) is 1.94. The first-order valence-electron chi connectivity index (χ1n) is 7.24. The number of aromatic nitrogens is 1. The Morgan fingerprint density at radius 3 is 2.77 bits per heavy atom. The molecule has 1 fully saturated rings. The molecule has 118 valence electrons. The number of rotatable bonds is 4. The van der Waals surface area contributed by atoms with Crippen LogP contribution in [0.3, 0.4) is 0 Å². The normalized spacial score (nSPS) is 20.4. The van der Waals surface area contributed by atoms with Gasteiger partial charge in [-0.15, -0.1) is 0 Å². The number of urea groups is 1. The summed E-state index contributed by atoms with van der Waals surface area (Å²) in [5.41, 5.74) is 0.833. The van der Waals surface area contributed by atoms with Crippen LogP contribution in [-0.2, 0) is 9.53 Å². The van der Waals surface area contributed by atoms with Crippen molar-refractivity contribution < 1.29 is 23.3 Å². The second-order valence-corrected chi connectivity index (χ2v) is 5.30. The van der Waals surface area contributed by atoms with Gasteiger partial charge in [-0.05, 0) is 13.8 Å². The van der Waals surface area contributed by atoms with Gasteiger partial charge in [-0.1, -0.05) is 0 Å². The van der Waals surface area contributed by atoms with E-state index in [2.05, 4.69) is 4.99 Å². The number of hydrogen-bond acceptors (Lipinski definition) is 5. The fourth-order valence-corrected chi connectivity index (χ4v) is 2.73. The molecule has 0 aliphatic carbocycles. The Morgan fingerprint density at radius 2 is 2.09 bits per heavy atom. The molecule has 3 rings (SSSR count). The summed E-state index contributed by atoms with van der Waals surface area (Å²) >= 11 is 0. The van der Waals surface area contributed by atoms with Crippen molar-refractivity contribution in [1.82, 2.24) is 9.80 Å². The van der Waals surface area contributed by atoms with Crippen LogP contribution >= 0.6 is 0 Å². The van der Waals surface area contributed by atoms with Crippen LogP contribution in [-0.4, -0.2) is 54.4 Å². The molecule has 22 heavy (non-hydrogen) atoms. The van der Waals surface area contributed by atoms with Gasteiger partial charge in [0.1, 0.15) is 5.69 Å². The molecular weight excluding hydrogens is 288 g/mol.